The number of alkyl halides is 3. The van der Waals surface area contributed by atoms with E-state index < -0.39 is 23.4 Å². The molecule has 1 N–H and O–H groups in total. The zero-order valence-electron chi connectivity index (χ0n) is 23.1. The number of aromatic nitrogens is 2. The summed E-state index contributed by atoms with van der Waals surface area (Å²) in [6.07, 6.45) is 2.40. The maximum atomic E-state index is 13.8. The number of nitrogens with zero attached hydrogens (tertiary/aromatic N) is 3. The highest BCUT2D eigenvalue weighted by molar-refractivity contribution is 6.39. The maximum Gasteiger partial charge on any atom is 0.417 e. The van der Waals surface area contributed by atoms with E-state index >= 15 is 0 Å². The van der Waals surface area contributed by atoms with Gasteiger partial charge in [-0.3, -0.25) is 0 Å². The van der Waals surface area contributed by atoms with Crippen LogP contribution >= 0.6 is 23.2 Å². The van der Waals surface area contributed by atoms with E-state index in [1.54, 1.807) is 6.07 Å². The van der Waals surface area contributed by atoms with E-state index in [4.69, 9.17) is 27.7 Å². The summed E-state index contributed by atoms with van der Waals surface area (Å²) in [6, 6.07) is 10.8. The first-order chi connectivity index (χ1) is 20.5. The van der Waals surface area contributed by atoms with Crippen LogP contribution in [0.4, 0.5) is 18.9 Å². The van der Waals surface area contributed by atoms with Gasteiger partial charge in [0.05, 0.1) is 21.1 Å². The van der Waals surface area contributed by atoms with Crippen LogP contribution in [-0.2, 0) is 12.6 Å². The first-order valence-electron chi connectivity index (χ1n) is 14.4. The lowest BCUT2D eigenvalue weighted by Gasteiger charge is -2.53. The number of pyridine rings is 1. The van der Waals surface area contributed by atoms with E-state index in [0.717, 1.165) is 80.6 Å². The molecule has 224 valence electrons. The highest BCUT2D eigenvalue weighted by atomic mass is 35.5. The van der Waals surface area contributed by atoms with E-state index in [2.05, 4.69) is 15.0 Å². The summed E-state index contributed by atoms with van der Waals surface area (Å²) >= 11 is 13.1. The second kappa shape index (κ2) is 10.4. The van der Waals surface area contributed by atoms with Crippen molar-refractivity contribution in [1.82, 2.24) is 10.1 Å². The quantitative estimate of drug-likeness (QED) is 0.229. The molecule has 2 aromatic heterocycles. The summed E-state index contributed by atoms with van der Waals surface area (Å²) in [7, 11) is 0. The number of carboxylic acids is 1. The van der Waals surface area contributed by atoms with Gasteiger partial charge in [-0.2, -0.15) is 13.2 Å². The number of hydrogen-bond donors (Lipinski definition) is 1. The van der Waals surface area contributed by atoms with Crippen LogP contribution in [0.15, 0.2) is 47.0 Å². The topological polar surface area (TPSA) is 79.5 Å². The summed E-state index contributed by atoms with van der Waals surface area (Å²) in [5.74, 6) is 0.350. The molecule has 1 saturated heterocycles. The van der Waals surface area contributed by atoms with E-state index in [1.165, 1.54) is 12.1 Å². The minimum absolute atomic E-state index is 0.0167. The molecule has 1 spiro atoms. The van der Waals surface area contributed by atoms with Gasteiger partial charge >= 0.3 is 12.1 Å². The van der Waals surface area contributed by atoms with Crippen LogP contribution in [0.25, 0.3) is 22.2 Å². The van der Waals surface area contributed by atoms with Crippen molar-refractivity contribution < 1.29 is 27.6 Å². The summed E-state index contributed by atoms with van der Waals surface area (Å²) in [5, 5.41) is 14.7. The van der Waals surface area contributed by atoms with E-state index in [9.17, 15) is 23.1 Å². The van der Waals surface area contributed by atoms with Crippen LogP contribution in [-0.4, -0.2) is 34.3 Å². The molecular weight excluding hydrogens is 602 g/mol. The minimum Gasteiger partial charge on any atom is -0.477 e. The third-order valence-electron chi connectivity index (χ3n) is 9.41. The van der Waals surface area contributed by atoms with Gasteiger partial charge in [0, 0.05) is 41.2 Å². The first kappa shape index (κ1) is 28.5. The summed E-state index contributed by atoms with van der Waals surface area (Å²) in [5.41, 5.74) is 1.90. The molecule has 0 unspecified atom stereocenters. The predicted octanol–water partition coefficient (Wildman–Crippen LogP) is 9.03. The number of anilines is 1. The highest BCUT2D eigenvalue weighted by Gasteiger charge is 2.47. The molecule has 0 bridgehead atoms. The van der Waals surface area contributed by atoms with Crippen molar-refractivity contribution >= 4 is 45.8 Å². The predicted molar refractivity (Wildman–Crippen MR) is 158 cm³/mol. The van der Waals surface area contributed by atoms with Gasteiger partial charge < -0.3 is 14.5 Å². The molecule has 0 atom stereocenters. The number of rotatable bonds is 6. The Morgan fingerprint density at radius 3 is 2.40 bits per heavy atom. The minimum atomic E-state index is -4.70. The molecule has 1 aliphatic heterocycles. The second-order valence-electron chi connectivity index (χ2n) is 12.3. The Bertz CT molecular complexity index is 1710. The maximum absolute atomic E-state index is 13.8. The van der Waals surface area contributed by atoms with Crippen molar-refractivity contribution in [2.45, 2.75) is 57.0 Å². The van der Waals surface area contributed by atoms with Gasteiger partial charge in [-0.1, -0.05) is 34.4 Å². The van der Waals surface area contributed by atoms with Crippen molar-refractivity contribution in [1.29, 1.82) is 0 Å². The lowest BCUT2D eigenvalue weighted by Crippen LogP contribution is -2.47. The SMILES string of the molecule is O=C(O)c1cc(C(F)(F)F)c2cc(N3CCC4(CC3)CC(Cc3c(-c5c(Cl)cccc5Cl)noc3C3CC3)C4)ccc2n1. The fourth-order valence-electron chi connectivity index (χ4n) is 7.11. The number of fused-ring (bicyclic) bond motifs is 1. The van der Waals surface area contributed by atoms with E-state index in [-0.39, 0.29) is 16.3 Å². The van der Waals surface area contributed by atoms with Gasteiger partial charge in [0.2, 0.25) is 0 Å². The van der Waals surface area contributed by atoms with E-state index in [0.29, 0.717) is 33.6 Å². The smallest absolute Gasteiger partial charge is 0.417 e. The van der Waals surface area contributed by atoms with Crippen molar-refractivity contribution in [3.8, 4) is 11.3 Å². The average Bonchev–Trinajstić information content (AvgIpc) is 3.72. The molecule has 2 saturated carbocycles. The van der Waals surface area contributed by atoms with Crippen LogP contribution in [0.1, 0.15) is 71.8 Å². The van der Waals surface area contributed by atoms with Crippen LogP contribution in [0.2, 0.25) is 10.0 Å². The zero-order chi connectivity index (χ0) is 30.1. The van der Waals surface area contributed by atoms with Crippen molar-refractivity contribution in [3.05, 3.63) is 75.1 Å². The van der Waals surface area contributed by atoms with E-state index in [1.807, 2.05) is 18.2 Å². The van der Waals surface area contributed by atoms with Gasteiger partial charge in [0.15, 0.2) is 0 Å². The zero-order valence-corrected chi connectivity index (χ0v) is 24.6. The molecule has 11 heteroatoms. The van der Waals surface area contributed by atoms with Gasteiger partial charge in [0.25, 0.3) is 0 Å². The van der Waals surface area contributed by atoms with Crippen molar-refractivity contribution in [3.63, 3.8) is 0 Å². The number of hydrogen-bond acceptors (Lipinski definition) is 5. The molecule has 3 heterocycles. The monoisotopic (exact) mass is 629 g/mol. The molecule has 2 aromatic carbocycles. The van der Waals surface area contributed by atoms with Gasteiger partial charge in [0.1, 0.15) is 17.1 Å². The Morgan fingerprint density at radius 2 is 1.77 bits per heavy atom. The largest absolute Gasteiger partial charge is 0.477 e. The Kier molecular flexibility index (Phi) is 6.89. The number of aromatic carboxylic acids is 1. The molecule has 2 aliphatic carbocycles. The molecule has 3 aliphatic rings. The van der Waals surface area contributed by atoms with Gasteiger partial charge in [-0.15, -0.1) is 0 Å². The molecule has 4 aromatic rings. The Hall–Kier alpha value is -3.30. The molecule has 43 heavy (non-hydrogen) atoms. The van der Waals surface area contributed by atoms with Crippen LogP contribution in [0.5, 0.6) is 0 Å². The van der Waals surface area contributed by atoms with Gasteiger partial charge in [-0.25, -0.2) is 9.78 Å². The van der Waals surface area contributed by atoms with Crippen LogP contribution in [0, 0.1) is 11.3 Å². The number of halogens is 5. The lowest BCUT2D eigenvalue weighted by molar-refractivity contribution is -0.136. The average molecular weight is 630 g/mol. The molecule has 7 rings (SSSR count). The summed E-state index contributed by atoms with van der Waals surface area (Å²) in [6.45, 7) is 1.47. The first-order valence-corrected chi connectivity index (χ1v) is 15.2. The highest BCUT2D eigenvalue weighted by Crippen LogP contribution is 2.55. The second-order valence-corrected chi connectivity index (χ2v) is 13.1. The lowest BCUT2D eigenvalue weighted by atomic mass is 9.56. The number of benzene rings is 2. The Morgan fingerprint density at radius 1 is 1.07 bits per heavy atom. The summed E-state index contributed by atoms with van der Waals surface area (Å²) in [4.78, 5) is 17.4. The fraction of sp³-hybridized carbons (Fsp3) is 0.406. The van der Waals surface area contributed by atoms with Gasteiger partial charge in [-0.05, 0) is 92.7 Å². The molecular formula is C32H28Cl2F3N3O3. The number of carboxylic acid groups (broad SMARTS) is 1. The molecule has 0 amide bonds. The third kappa shape index (κ3) is 5.24. The standard InChI is InChI=1S/C32H28Cl2F3N3O3/c33-23-2-1-3-24(34)27(23)28-21(29(43-39-28)18-4-5-18)12-17-15-31(16-17)8-10-40(11-9-31)19-6-7-25-20(13-19)22(32(35,36)37)14-26(38-25)30(41)42/h1-3,6-7,13-14,17-18H,4-5,8-12,15-16H2,(H,41,42). The van der Waals surface area contributed by atoms with Crippen LogP contribution in [0.3, 0.4) is 0 Å². The Balaban J connectivity index is 1.06. The fourth-order valence-corrected chi connectivity index (χ4v) is 7.68. The number of piperidine rings is 1. The Labute approximate surface area is 255 Å². The number of carbonyl (C=O) groups is 1. The van der Waals surface area contributed by atoms with Crippen LogP contribution < -0.4 is 4.90 Å². The molecule has 6 nitrogen and oxygen atoms in total. The molecule has 0 radical (unpaired) electrons. The third-order valence-corrected chi connectivity index (χ3v) is 10.0. The molecule has 3 fully saturated rings. The van der Waals surface area contributed by atoms with Crippen molar-refractivity contribution in [2.24, 2.45) is 11.3 Å². The normalized spacial score (nSPS) is 18.8. The summed E-state index contributed by atoms with van der Waals surface area (Å²) < 4.78 is 47.4. The van der Waals surface area contributed by atoms with Crippen molar-refractivity contribution in [2.75, 3.05) is 18.0 Å².